The van der Waals surface area contributed by atoms with Crippen molar-refractivity contribution >= 4 is 29.1 Å². The number of aromatic nitrogens is 1. The fourth-order valence-corrected chi connectivity index (χ4v) is 6.73. The molecule has 1 aromatic carbocycles. The number of carbonyl (C=O) groups excluding carboxylic acids is 2. The van der Waals surface area contributed by atoms with Crippen molar-refractivity contribution in [1.29, 1.82) is 0 Å². The smallest absolute Gasteiger partial charge is 0.249 e. The van der Waals surface area contributed by atoms with E-state index in [0.29, 0.717) is 6.42 Å². The topological polar surface area (TPSA) is 112 Å². The van der Waals surface area contributed by atoms with Crippen LogP contribution in [0.15, 0.2) is 41.3 Å². The second kappa shape index (κ2) is 13.7. The molecule has 0 unspecified atom stereocenters. The molecule has 2 aliphatic heterocycles. The minimum absolute atomic E-state index is 0.0938. The number of thiazole rings is 1. The van der Waals surface area contributed by atoms with Crippen molar-refractivity contribution in [1.82, 2.24) is 10.0 Å². The summed E-state index contributed by atoms with van der Waals surface area (Å²) in [6.45, 7) is 13.2. The third-order valence-corrected chi connectivity index (χ3v) is 10.2. The number of aliphatic hydroxyl groups is 2. The van der Waals surface area contributed by atoms with Crippen molar-refractivity contribution in [2.75, 3.05) is 0 Å². The highest BCUT2D eigenvalue weighted by atomic mass is 32.1. The van der Waals surface area contributed by atoms with Crippen molar-refractivity contribution in [3.63, 3.8) is 0 Å². The molecule has 1 aromatic heterocycles. The number of Topliss-reactive ketones (excluding diaryl/α,β-unsaturated/α-hetero) is 1. The van der Waals surface area contributed by atoms with Gasteiger partial charge in [0.05, 0.1) is 52.5 Å². The molecule has 236 valence electrons. The number of hydrogen-bond acceptors (Lipinski definition) is 8. The van der Waals surface area contributed by atoms with Gasteiger partial charge in [0.15, 0.2) is 0 Å². The van der Waals surface area contributed by atoms with Crippen LogP contribution in [-0.4, -0.2) is 61.9 Å². The third-order valence-electron chi connectivity index (χ3n) is 9.43. The second-order valence-electron chi connectivity index (χ2n) is 13.3. The Morgan fingerprint density at radius 3 is 2.53 bits per heavy atom. The fourth-order valence-electron chi connectivity index (χ4n) is 6.16. The molecule has 9 heteroatoms. The Morgan fingerprint density at radius 1 is 1.19 bits per heavy atom. The van der Waals surface area contributed by atoms with E-state index in [-0.39, 0.29) is 36.4 Å². The van der Waals surface area contributed by atoms with Gasteiger partial charge in [0.2, 0.25) is 5.91 Å². The number of amides is 1. The summed E-state index contributed by atoms with van der Waals surface area (Å²) in [4.78, 5) is 38.6. The second-order valence-corrected chi connectivity index (χ2v) is 14.3. The van der Waals surface area contributed by atoms with Gasteiger partial charge < -0.3 is 14.9 Å². The summed E-state index contributed by atoms with van der Waals surface area (Å²) >= 11 is 1.56. The van der Waals surface area contributed by atoms with Crippen molar-refractivity contribution in [2.45, 2.75) is 117 Å². The maximum atomic E-state index is 14.1. The lowest BCUT2D eigenvalue weighted by molar-refractivity contribution is -0.205. The predicted molar refractivity (Wildman–Crippen MR) is 168 cm³/mol. The van der Waals surface area contributed by atoms with Crippen LogP contribution in [-0.2, 0) is 25.8 Å². The Balaban J connectivity index is 1.72. The monoisotopic (exact) mass is 612 g/mol. The Kier molecular flexibility index (Phi) is 10.7. The lowest BCUT2D eigenvalue weighted by Crippen LogP contribution is -2.48. The van der Waals surface area contributed by atoms with E-state index in [4.69, 9.17) is 9.57 Å². The van der Waals surface area contributed by atoms with E-state index in [1.54, 1.807) is 32.1 Å². The van der Waals surface area contributed by atoms with Crippen LogP contribution in [0.2, 0.25) is 0 Å². The van der Waals surface area contributed by atoms with Gasteiger partial charge in [-0.05, 0) is 56.7 Å². The molecule has 2 N–H and O–H groups in total. The van der Waals surface area contributed by atoms with E-state index in [1.165, 1.54) is 5.06 Å². The lowest BCUT2D eigenvalue weighted by Gasteiger charge is -2.36. The molecule has 1 amide bonds. The van der Waals surface area contributed by atoms with E-state index in [2.05, 4.69) is 11.9 Å². The number of benzene rings is 1. The van der Waals surface area contributed by atoms with Crippen LogP contribution in [0.1, 0.15) is 89.9 Å². The van der Waals surface area contributed by atoms with Gasteiger partial charge in [0.1, 0.15) is 12.4 Å². The zero-order chi connectivity index (χ0) is 31.5. The van der Waals surface area contributed by atoms with Gasteiger partial charge >= 0.3 is 0 Å². The van der Waals surface area contributed by atoms with Gasteiger partial charge in [-0.15, -0.1) is 11.3 Å². The molecule has 0 spiro atoms. The molecule has 0 bridgehead atoms. The minimum atomic E-state index is -1.28. The van der Waals surface area contributed by atoms with Crippen molar-refractivity contribution in [3.05, 3.63) is 57.6 Å². The first-order valence-corrected chi connectivity index (χ1v) is 16.3. The number of hydroxylamine groups is 2. The molecule has 3 heterocycles. The molecule has 7 atom stereocenters. The summed E-state index contributed by atoms with van der Waals surface area (Å²) in [5.41, 5.74) is 0.998. The van der Waals surface area contributed by atoms with Crippen LogP contribution in [0.25, 0.3) is 6.08 Å². The number of nitrogens with zero attached hydrogens (tertiary/aromatic N) is 2. The van der Waals surface area contributed by atoms with Crippen LogP contribution in [0, 0.1) is 24.2 Å². The van der Waals surface area contributed by atoms with Crippen molar-refractivity contribution in [2.24, 2.45) is 17.3 Å². The number of hydrogen-bond donors (Lipinski definition) is 2. The van der Waals surface area contributed by atoms with Crippen LogP contribution in [0.5, 0.6) is 0 Å². The number of aliphatic hydroxyl groups excluding tert-OH is 2. The van der Waals surface area contributed by atoms with Gasteiger partial charge in [0.25, 0.3) is 0 Å². The molecule has 2 aliphatic rings. The Hall–Kier alpha value is -2.43. The first-order valence-electron chi connectivity index (χ1n) is 15.4. The maximum absolute atomic E-state index is 14.1. The molecule has 8 nitrogen and oxygen atoms in total. The van der Waals surface area contributed by atoms with Crippen LogP contribution >= 0.6 is 11.3 Å². The predicted octanol–water partition coefficient (Wildman–Crippen LogP) is 5.89. The summed E-state index contributed by atoms with van der Waals surface area (Å²) in [6.07, 6.45) is 2.36. The van der Waals surface area contributed by atoms with E-state index >= 15 is 0 Å². The van der Waals surface area contributed by atoms with Crippen LogP contribution in [0.3, 0.4) is 0 Å². The summed E-state index contributed by atoms with van der Waals surface area (Å²) in [5, 5.41) is 26.7. The molecule has 43 heavy (non-hydrogen) atoms. The number of epoxide rings is 1. The summed E-state index contributed by atoms with van der Waals surface area (Å²) < 4.78 is 6.27. The zero-order valence-electron chi connectivity index (χ0n) is 26.6. The average Bonchev–Trinajstić information content (AvgIpc) is 3.42. The van der Waals surface area contributed by atoms with Crippen molar-refractivity contribution < 1.29 is 29.4 Å². The van der Waals surface area contributed by atoms with Crippen molar-refractivity contribution in [3.8, 4) is 0 Å². The largest absolute Gasteiger partial charge is 0.392 e. The number of fused-ring (bicyclic) bond motifs is 1. The number of rotatable bonds is 5. The summed E-state index contributed by atoms with van der Waals surface area (Å²) in [7, 11) is 0. The molecule has 0 radical (unpaired) electrons. The van der Waals surface area contributed by atoms with Gasteiger partial charge in [0, 0.05) is 17.7 Å². The number of carbonyl (C=O) groups is 2. The fraction of sp³-hybridized carbons (Fsp3) is 0.618. The van der Waals surface area contributed by atoms with E-state index in [1.807, 2.05) is 62.6 Å². The third kappa shape index (κ3) is 8.00. The summed E-state index contributed by atoms with van der Waals surface area (Å²) in [5.74, 6) is -1.47. The highest BCUT2D eigenvalue weighted by Gasteiger charge is 2.53. The Labute approximate surface area is 260 Å². The SMILES string of the molecule is C/C(=C\c1csc(C)n1)[C@@H]1C[C@@H]2O[C@]2(C)CCC[C@H](C)[C@H](O)[C@@H](C)C(=O)C(C)(C)[C@@H](O)CC(=O)N1OCc1ccccc1. The number of aryl methyl sites for hydroxylation is 1. The molecule has 4 rings (SSSR count). The van der Waals surface area contributed by atoms with E-state index < -0.39 is 35.5 Å². The number of ketones is 1. The van der Waals surface area contributed by atoms with Gasteiger partial charge in [-0.1, -0.05) is 64.4 Å². The molecule has 2 saturated heterocycles. The quantitative estimate of drug-likeness (QED) is 0.405. The van der Waals surface area contributed by atoms with Crippen LogP contribution < -0.4 is 0 Å². The van der Waals surface area contributed by atoms with Gasteiger partial charge in [-0.2, -0.15) is 0 Å². The first kappa shape index (κ1) is 33.5. The Bertz CT molecular complexity index is 1290. The molecular weight excluding hydrogens is 564 g/mol. The molecule has 2 aromatic rings. The summed E-state index contributed by atoms with van der Waals surface area (Å²) in [6, 6.07) is 9.14. The minimum Gasteiger partial charge on any atom is -0.392 e. The highest BCUT2D eigenvalue weighted by molar-refractivity contribution is 7.09. The molecule has 2 fully saturated rings. The van der Waals surface area contributed by atoms with Gasteiger partial charge in [-0.25, -0.2) is 10.0 Å². The highest BCUT2D eigenvalue weighted by Crippen LogP contribution is 2.45. The lowest BCUT2D eigenvalue weighted by atomic mass is 9.72. The molecular formula is C34H48N2O6S. The van der Waals surface area contributed by atoms with Crippen LogP contribution in [0.4, 0.5) is 0 Å². The zero-order valence-corrected chi connectivity index (χ0v) is 27.4. The maximum Gasteiger partial charge on any atom is 0.249 e. The van der Waals surface area contributed by atoms with Gasteiger partial charge in [-0.3, -0.25) is 14.4 Å². The molecule has 0 saturated carbocycles. The first-order chi connectivity index (χ1) is 20.2. The average molecular weight is 613 g/mol. The molecule has 0 aliphatic carbocycles. The number of ether oxygens (including phenoxy) is 1. The normalized spacial score (nSPS) is 32.9. The Morgan fingerprint density at radius 2 is 1.88 bits per heavy atom. The van der Waals surface area contributed by atoms with E-state index in [0.717, 1.165) is 41.1 Å². The standard InChI is InChI=1S/C34H48N2O6S/c1-21-12-11-15-34(7)29(42-34)17-27(22(2)16-26-20-43-24(4)35-26)36(41-19-25-13-9-8-10-14-25)30(38)18-28(37)33(5,6)32(40)23(3)31(21)39/h8-10,13-14,16,20-21,23,27-29,31,37,39H,11-12,15,17-19H2,1-7H3/b22-16+/t21-,23+,27-,28-,29-,31-,34+/m0/s1. The van der Waals surface area contributed by atoms with E-state index in [9.17, 15) is 19.8 Å².